The first-order chi connectivity index (χ1) is 13.8. The van der Waals surface area contributed by atoms with E-state index >= 15 is 0 Å². The van der Waals surface area contributed by atoms with Crippen molar-refractivity contribution in [1.29, 1.82) is 0 Å². The lowest BCUT2D eigenvalue weighted by Gasteiger charge is -2.11. The van der Waals surface area contributed by atoms with Crippen LogP contribution in [0.25, 0.3) is 17.1 Å². The Morgan fingerprint density at radius 3 is 2.43 bits per heavy atom. The molecule has 3 aromatic heterocycles. The molecule has 0 amide bonds. The summed E-state index contributed by atoms with van der Waals surface area (Å²) >= 11 is 1.70. The Hall–Kier alpha value is -2.99. The van der Waals surface area contributed by atoms with Crippen LogP contribution in [0.3, 0.4) is 0 Å². The highest BCUT2D eigenvalue weighted by Crippen LogP contribution is 2.28. The van der Waals surface area contributed by atoms with Gasteiger partial charge in [0.25, 0.3) is 0 Å². The van der Waals surface area contributed by atoms with E-state index in [0.29, 0.717) is 0 Å². The second-order valence-corrected chi connectivity index (χ2v) is 7.38. The van der Waals surface area contributed by atoms with E-state index in [0.717, 1.165) is 46.5 Å². The number of hydrogen-bond acceptors (Lipinski definition) is 5. The van der Waals surface area contributed by atoms with Crippen LogP contribution in [0.5, 0.6) is 0 Å². The lowest BCUT2D eigenvalue weighted by atomic mass is 10.1. The molecule has 0 bridgehead atoms. The maximum absolute atomic E-state index is 4.48. The van der Waals surface area contributed by atoms with Crippen molar-refractivity contribution >= 4 is 11.8 Å². The molecule has 0 saturated carbocycles. The molecule has 28 heavy (non-hydrogen) atoms. The van der Waals surface area contributed by atoms with Crippen LogP contribution in [0.15, 0.2) is 78.3 Å². The molecule has 0 aliphatic heterocycles. The molecule has 6 heteroatoms. The first-order valence-electron chi connectivity index (χ1n) is 9.33. The van der Waals surface area contributed by atoms with E-state index in [4.69, 9.17) is 0 Å². The summed E-state index contributed by atoms with van der Waals surface area (Å²) in [6.07, 6.45) is 7.30. The number of hydrogen-bond donors (Lipinski definition) is 0. The van der Waals surface area contributed by atoms with Crippen LogP contribution in [-0.2, 0) is 12.8 Å². The molecule has 0 radical (unpaired) electrons. The SMILES string of the molecule is CCc1ccc(-n2c(SCCc3ccccn3)nnc2-c2ccncc2)cc1. The van der Waals surface area contributed by atoms with Gasteiger partial charge in [-0.05, 0) is 54.8 Å². The zero-order valence-electron chi connectivity index (χ0n) is 15.7. The fourth-order valence-corrected chi connectivity index (χ4v) is 3.87. The molecule has 0 spiro atoms. The summed E-state index contributed by atoms with van der Waals surface area (Å²) in [5.74, 6) is 1.71. The van der Waals surface area contributed by atoms with Gasteiger partial charge in [0.15, 0.2) is 11.0 Å². The molecular weight excluding hydrogens is 366 g/mol. The number of aryl methyl sites for hydroxylation is 2. The summed E-state index contributed by atoms with van der Waals surface area (Å²) in [4.78, 5) is 8.52. The Kier molecular flexibility index (Phi) is 5.77. The summed E-state index contributed by atoms with van der Waals surface area (Å²) in [5, 5.41) is 9.84. The highest BCUT2D eigenvalue weighted by molar-refractivity contribution is 7.99. The van der Waals surface area contributed by atoms with Gasteiger partial charge in [-0.25, -0.2) is 0 Å². The van der Waals surface area contributed by atoms with Crippen LogP contribution in [0.1, 0.15) is 18.2 Å². The van der Waals surface area contributed by atoms with E-state index in [1.807, 2.05) is 30.5 Å². The van der Waals surface area contributed by atoms with Crippen LogP contribution in [0.4, 0.5) is 0 Å². The fourth-order valence-electron chi connectivity index (χ4n) is 2.96. The monoisotopic (exact) mass is 387 g/mol. The zero-order chi connectivity index (χ0) is 19.2. The Morgan fingerprint density at radius 1 is 0.893 bits per heavy atom. The summed E-state index contributed by atoms with van der Waals surface area (Å²) < 4.78 is 2.12. The predicted molar refractivity (Wildman–Crippen MR) is 113 cm³/mol. The minimum Gasteiger partial charge on any atom is -0.270 e. The van der Waals surface area contributed by atoms with Crippen molar-refractivity contribution in [2.45, 2.75) is 24.9 Å². The van der Waals surface area contributed by atoms with E-state index < -0.39 is 0 Å². The average Bonchev–Trinajstić information content (AvgIpc) is 3.19. The van der Waals surface area contributed by atoms with Crippen LogP contribution in [0.2, 0.25) is 0 Å². The van der Waals surface area contributed by atoms with Crippen molar-refractivity contribution in [1.82, 2.24) is 24.7 Å². The van der Waals surface area contributed by atoms with Gasteiger partial charge in [0, 0.05) is 41.3 Å². The van der Waals surface area contributed by atoms with Gasteiger partial charge in [-0.3, -0.25) is 14.5 Å². The van der Waals surface area contributed by atoms with Crippen molar-refractivity contribution < 1.29 is 0 Å². The number of pyridine rings is 2. The molecule has 5 nitrogen and oxygen atoms in total. The Bertz CT molecular complexity index is 1010. The van der Waals surface area contributed by atoms with Gasteiger partial charge >= 0.3 is 0 Å². The van der Waals surface area contributed by atoms with E-state index in [9.17, 15) is 0 Å². The maximum atomic E-state index is 4.48. The van der Waals surface area contributed by atoms with Gasteiger partial charge in [0.05, 0.1) is 0 Å². The van der Waals surface area contributed by atoms with Gasteiger partial charge in [-0.15, -0.1) is 10.2 Å². The molecular formula is C22H21N5S. The lowest BCUT2D eigenvalue weighted by Crippen LogP contribution is -2.01. The molecule has 0 atom stereocenters. The molecule has 0 unspecified atom stereocenters. The van der Waals surface area contributed by atoms with Crippen molar-refractivity contribution in [3.8, 4) is 17.1 Å². The van der Waals surface area contributed by atoms with Crippen LogP contribution in [-0.4, -0.2) is 30.5 Å². The third-order valence-electron chi connectivity index (χ3n) is 4.49. The number of thioether (sulfide) groups is 1. The normalized spacial score (nSPS) is 10.9. The Labute approximate surface area is 168 Å². The topological polar surface area (TPSA) is 56.5 Å². The number of nitrogens with zero attached hydrogens (tertiary/aromatic N) is 5. The number of rotatable bonds is 7. The van der Waals surface area contributed by atoms with Crippen LogP contribution >= 0.6 is 11.8 Å². The summed E-state index contributed by atoms with van der Waals surface area (Å²) in [7, 11) is 0. The minimum atomic E-state index is 0.826. The fraction of sp³-hybridized carbons (Fsp3) is 0.182. The molecule has 1 aromatic carbocycles. The van der Waals surface area contributed by atoms with Crippen molar-refractivity contribution in [3.63, 3.8) is 0 Å². The molecule has 3 heterocycles. The lowest BCUT2D eigenvalue weighted by molar-refractivity contribution is 0.882. The highest BCUT2D eigenvalue weighted by Gasteiger charge is 2.16. The average molecular weight is 388 g/mol. The first kappa shape index (κ1) is 18.4. The van der Waals surface area contributed by atoms with Gasteiger partial charge in [0.2, 0.25) is 0 Å². The van der Waals surface area contributed by atoms with E-state index in [2.05, 4.69) is 62.0 Å². The van der Waals surface area contributed by atoms with E-state index in [-0.39, 0.29) is 0 Å². The number of aromatic nitrogens is 5. The zero-order valence-corrected chi connectivity index (χ0v) is 16.5. The van der Waals surface area contributed by atoms with E-state index in [1.165, 1.54) is 5.56 Å². The highest BCUT2D eigenvalue weighted by atomic mass is 32.2. The van der Waals surface area contributed by atoms with Gasteiger partial charge < -0.3 is 0 Å². The predicted octanol–water partition coefficient (Wildman–Crippen LogP) is 4.62. The smallest absolute Gasteiger partial charge is 0.196 e. The Balaban J connectivity index is 1.64. The molecule has 4 rings (SSSR count). The standard InChI is InChI=1S/C22H21N5S/c1-2-17-6-8-20(9-7-17)27-21(18-10-14-23-15-11-18)25-26-22(27)28-16-12-19-5-3-4-13-24-19/h3-11,13-15H,2,12,16H2,1H3. The summed E-state index contributed by atoms with van der Waals surface area (Å²) in [5.41, 5.74) is 4.46. The van der Waals surface area contributed by atoms with Gasteiger partial charge in [-0.2, -0.15) is 0 Å². The molecule has 0 fully saturated rings. The summed E-state index contributed by atoms with van der Waals surface area (Å²) in [6, 6.07) is 18.5. The van der Waals surface area contributed by atoms with E-state index in [1.54, 1.807) is 24.2 Å². The molecule has 0 N–H and O–H groups in total. The number of benzene rings is 1. The maximum Gasteiger partial charge on any atom is 0.196 e. The van der Waals surface area contributed by atoms with Crippen molar-refractivity contribution in [2.24, 2.45) is 0 Å². The minimum absolute atomic E-state index is 0.826. The third-order valence-corrected chi connectivity index (χ3v) is 5.42. The largest absolute Gasteiger partial charge is 0.270 e. The van der Waals surface area contributed by atoms with Crippen molar-refractivity contribution in [2.75, 3.05) is 5.75 Å². The summed E-state index contributed by atoms with van der Waals surface area (Å²) in [6.45, 7) is 2.16. The molecule has 0 aliphatic carbocycles. The third kappa shape index (κ3) is 4.12. The first-order valence-corrected chi connectivity index (χ1v) is 10.3. The quantitative estimate of drug-likeness (QED) is 0.433. The van der Waals surface area contributed by atoms with Crippen molar-refractivity contribution in [3.05, 3.63) is 84.4 Å². The molecule has 4 aromatic rings. The molecule has 0 saturated heterocycles. The van der Waals surface area contributed by atoms with Gasteiger partial charge in [0.1, 0.15) is 0 Å². The van der Waals surface area contributed by atoms with Crippen LogP contribution < -0.4 is 0 Å². The second-order valence-electron chi connectivity index (χ2n) is 6.32. The molecule has 140 valence electrons. The Morgan fingerprint density at radius 2 is 1.71 bits per heavy atom. The second kappa shape index (κ2) is 8.80. The van der Waals surface area contributed by atoms with Gasteiger partial charge in [-0.1, -0.05) is 36.9 Å². The van der Waals surface area contributed by atoms with Crippen LogP contribution in [0, 0.1) is 0 Å². The molecule has 0 aliphatic rings.